The van der Waals surface area contributed by atoms with Crippen LogP contribution in [0.1, 0.15) is 0 Å². The first-order chi connectivity index (χ1) is 14.6. The Balaban J connectivity index is 1.52. The number of likely N-dealkylation sites (N-methyl/N-ethyl adjacent to an activating group) is 1. The molecule has 5 rings (SSSR count). The number of amidine groups is 1. The number of halogens is 1. The largest absolute Gasteiger partial charge is 0.495 e. The zero-order valence-corrected chi connectivity index (χ0v) is 17.2. The summed E-state index contributed by atoms with van der Waals surface area (Å²) < 4.78 is 11.0. The second-order valence-electron chi connectivity index (χ2n) is 6.91. The van der Waals surface area contributed by atoms with Crippen molar-refractivity contribution in [3.63, 3.8) is 0 Å². The highest BCUT2D eigenvalue weighted by Crippen LogP contribution is 2.37. The minimum absolute atomic E-state index is 0.0169. The number of ether oxygens (including phenoxy) is 2. The van der Waals surface area contributed by atoms with Crippen molar-refractivity contribution in [2.75, 3.05) is 37.5 Å². The van der Waals surface area contributed by atoms with Crippen molar-refractivity contribution in [3.8, 4) is 11.5 Å². The van der Waals surface area contributed by atoms with Crippen molar-refractivity contribution < 1.29 is 9.47 Å². The molecule has 1 aromatic heterocycles. The number of pyridine rings is 1. The number of methoxy groups -OCH3 is 1. The number of rotatable bonds is 3. The van der Waals surface area contributed by atoms with Crippen LogP contribution in [0.5, 0.6) is 11.5 Å². The molecule has 10 heteroatoms. The van der Waals surface area contributed by atoms with Crippen LogP contribution >= 0.6 is 11.6 Å². The van der Waals surface area contributed by atoms with E-state index in [2.05, 4.69) is 25.2 Å². The summed E-state index contributed by atoms with van der Waals surface area (Å²) in [5.74, 6) is 3.21. The number of quaternary nitrogens is 1. The van der Waals surface area contributed by atoms with Crippen molar-refractivity contribution in [2.24, 2.45) is 15.1 Å². The molecule has 0 spiro atoms. The van der Waals surface area contributed by atoms with Gasteiger partial charge in [0.15, 0.2) is 23.5 Å². The average molecular weight is 425 g/mol. The van der Waals surface area contributed by atoms with Crippen LogP contribution in [0.4, 0.5) is 17.2 Å². The molecular formula is C20H19ClN7O2+. The van der Waals surface area contributed by atoms with E-state index in [0.717, 1.165) is 29.5 Å². The fourth-order valence-electron chi connectivity index (χ4n) is 3.49. The second-order valence-corrected chi connectivity index (χ2v) is 7.32. The van der Waals surface area contributed by atoms with Crippen LogP contribution in [0, 0.1) is 0 Å². The molecule has 0 radical (unpaired) electrons. The van der Waals surface area contributed by atoms with Gasteiger partial charge in [-0.25, -0.2) is 4.98 Å². The highest BCUT2D eigenvalue weighted by Gasteiger charge is 2.44. The summed E-state index contributed by atoms with van der Waals surface area (Å²) in [7, 11) is 3.57. The van der Waals surface area contributed by atoms with E-state index in [1.807, 2.05) is 25.4 Å². The molecule has 9 nitrogen and oxygen atoms in total. The van der Waals surface area contributed by atoms with E-state index in [0.29, 0.717) is 29.2 Å². The summed E-state index contributed by atoms with van der Waals surface area (Å²) >= 11 is 6.24. The van der Waals surface area contributed by atoms with Gasteiger partial charge in [-0.3, -0.25) is 4.99 Å². The van der Waals surface area contributed by atoms with Crippen LogP contribution in [-0.4, -0.2) is 50.3 Å². The van der Waals surface area contributed by atoms with E-state index in [1.54, 1.807) is 37.9 Å². The van der Waals surface area contributed by atoms with Gasteiger partial charge in [0.1, 0.15) is 18.6 Å². The predicted octanol–water partition coefficient (Wildman–Crippen LogP) is 3.23. The molecule has 3 aliphatic rings. The van der Waals surface area contributed by atoms with E-state index < -0.39 is 0 Å². The standard InChI is InChI=1S/C20H19ClN7O2/c1-27-6-8-30-17-10-14(11-23-19(17)27)28-7-5-22-12-18(28)25-20(26-28)24-13-3-4-16(29-2)15(21)9-13/h3-5,7,9-12H,6,8H2,1-2H3,(H,24,26)/q+1. The Labute approximate surface area is 178 Å². The molecule has 2 aromatic rings. The Kier molecular flexibility index (Phi) is 4.41. The minimum atomic E-state index is 0.0169. The number of aromatic nitrogens is 1. The summed E-state index contributed by atoms with van der Waals surface area (Å²) in [6.07, 6.45) is 7.03. The first-order valence-electron chi connectivity index (χ1n) is 9.33. The van der Waals surface area contributed by atoms with Gasteiger partial charge in [-0.1, -0.05) is 16.2 Å². The highest BCUT2D eigenvalue weighted by molar-refractivity contribution is 6.38. The molecule has 0 saturated heterocycles. The number of hydrogen-bond acceptors (Lipinski definition) is 8. The summed E-state index contributed by atoms with van der Waals surface area (Å²) in [6, 6.07) is 7.35. The van der Waals surface area contributed by atoms with Crippen molar-refractivity contribution in [2.45, 2.75) is 0 Å². The number of hydrogen-bond donors (Lipinski definition) is 1. The Bertz CT molecular complexity index is 1140. The number of aliphatic imine (C=N–C) groups is 2. The Morgan fingerprint density at radius 1 is 1.30 bits per heavy atom. The van der Waals surface area contributed by atoms with E-state index >= 15 is 0 Å². The van der Waals surface area contributed by atoms with Crippen LogP contribution in [0.2, 0.25) is 5.02 Å². The van der Waals surface area contributed by atoms with Gasteiger partial charge in [-0.05, 0) is 23.3 Å². The predicted molar refractivity (Wildman–Crippen MR) is 119 cm³/mol. The fraction of sp³-hybridized carbons (Fsp3) is 0.200. The minimum Gasteiger partial charge on any atom is -0.495 e. The molecule has 3 aliphatic heterocycles. The average Bonchev–Trinajstić information content (AvgIpc) is 3.13. The van der Waals surface area contributed by atoms with E-state index in [4.69, 9.17) is 26.2 Å². The number of nitrogens with zero attached hydrogens (tertiary/aromatic N) is 6. The molecule has 1 atom stereocenters. The molecule has 1 N–H and O–H groups in total. The van der Waals surface area contributed by atoms with Crippen molar-refractivity contribution >= 4 is 46.8 Å². The topological polar surface area (TPSA) is 83.7 Å². The molecular weight excluding hydrogens is 406 g/mol. The van der Waals surface area contributed by atoms with Gasteiger partial charge in [-0.2, -0.15) is 4.99 Å². The van der Waals surface area contributed by atoms with E-state index in [1.165, 1.54) is 0 Å². The summed E-state index contributed by atoms with van der Waals surface area (Å²) in [6.45, 7) is 1.41. The zero-order chi connectivity index (χ0) is 20.7. The molecule has 4 heterocycles. The number of nitrogens with one attached hydrogen (secondary N) is 1. The molecule has 0 bridgehead atoms. The lowest BCUT2D eigenvalue weighted by molar-refractivity contribution is 0.308. The van der Waals surface area contributed by atoms with Gasteiger partial charge in [0, 0.05) is 12.7 Å². The first kappa shape index (κ1) is 18.6. The lowest BCUT2D eigenvalue weighted by Gasteiger charge is -2.28. The van der Waals surface area contributed by atoms with Crippen molar-refractivity contribution in [3.05, 3.63) is 47.9 Å². The van der Waals surface area contributed by atoms with Gasteiger partial charge < -0.3 is 19.7 Å². The third kappa shape index (κ3) is 2.99. The second kappa shape index (κ2) is 7.12. The third-order valence-electron chi connectivity index (χ3n) is 5.05. The lowest BCUT2D eigenvalue weighted by atomic mass is 10.2. The zero-order valence-electron chi connectivity index (χ0n) is 16.4. The third-order valence-corrected chi connectivity index (χ3v) is 5.34. The normalized spacial score (nSPS) is 21.4. The van der Waals surface area contributed by atoms with Crippen molar-refractivity contribution in [1.82, 2.24) is 9.58 Å². The maximum absolute atomic E-state index is 6.24. The van der Waals surface area contributed by atoms with Crippen LogP contribution in [0.15, 0.2) is 57.9 Å². The summed E-state index contributed by atoms with van der Waals surface area (Å²) in [5.41, 5.74) is 1.55. The molecule has 30 heavy (non-hydrogen) atoms. The number of anilines is 2. The Morgan fingerprint density at radius 3 is 3.03 bits per heavy atom. The monoisotopic (exact) mass is 424 g/mol. The van der Waals surface area contributed by atoms with Gasteiger partial charge >= 0.3 is 0 Å². The molecule has 0 saturated carbocycles. The molecule has 1 aromatic carbocycles. The number of benzene rings is 1. The molecule has 0 amide bonds. The van der Waals surface area contributed by atoms with Gasteiger partial charge in [-0.15, -0.1) is 0 Å². The van der Waals surface area contributed by atoms with E-state index in [-0.39, 0.29) is 4.59 Å². The van der Waals surface area contributed by atoms with Gasteiger partial charge in [0.05, 0.1) is 37.1 Å². The lowest BCUT2D eigenvalue weighted by Crippen LogP contribution is -2.44. The van der Waals surface area contributed by atoms with E-state index in [9.17, 15) is 0 Å². The SMILES string of the molecule is COc1ccc(NC2=N[N+]3(c4cnc5c(c4)OCCN5C)C=CN=CC3=N2)cc1Cl. The maximum atomic E-state index is 6.24. The smallest absolute Gasteiger partial charge is 0.287 e. The van der Waals surface area contributed by atoms with Crippen molar-refractivity contribution in [1.29, 1.82) is 0 Å². The summed E-state index contributed by atoms with van der Waals surface area (Å²) in [4.78, 5) is 15.5. The Hall–Kier alpha value is -3.43. The maximum Gasteiger partial charge on any atom is 0.287 e. The molecule has 0 aliphatic carbocycles. The molecule has 1 unspecified atom stereocenters. The van der Waals surface area contributed by atoms with Gasteiger partial charge in [0.25, 0.3) is 11.8 Å². The fourth-order valence-corrected chi connectivity index (χ4v) is 3.74. The quantitative estimate of drug-likeness (QED) is 0.765. The van der Waals surface area contributed by atoms with Crippen LogP contribution in [-0.2, 0) is 0 Å². The Morgan fingerprint density at radius 2 is 2.20 bits per heavy atom. The highest BCUT2D eigenvalue weighted by atomic mass is 35.5. The van der Waals surface area contributed by atoms with Gasteiger partial charge in [0.2, 0.25) is 0 Å². The molecule has 152 valence electrons. The van der Waals surface area contributed by atoms with Crippen LogP contribution in [0.3, 0.4) is 0 Å². The number of fused-ring (bicyclic) bond motifs is 2. The van der Waals surface area contributed by atoms with Crippen LogP contribution in [0.25, 0.3) is 0 Å². The first-order valence-corrected chi connectivity index (χ1v) is 9.71. The number of guanidine groups is 1. The summed E-state index contributed by atoms with van der Waals surface area (Å²) in [5, 5.41) is 8.53. The van der Waals surface area contributed by atoms with Crippen LogP contribution < -0.4 is 24.3 Å². The molecule has 0 fully saturated rings.